The number of hydrogen-bond donors (Lipinski definition) is 0. The van der Waals surface area contributed by atoms with Gasteiger partial charge in [0.1, 0.15) is 23.0 Å². The Balaban J connectivity index is 1.04. The smallest absolute Gasteiger partial charge is 0.132 e. The van der Waals surface area contributed by atoms with Gasteiger partial charge in [-0.3, -0.25) is 0 Å². The number of hydrogen-bond acceptors (Lipinski definition) is 3. The predicted octanol–water partition coefficient (Wildman–Crippen LogP) is 15.2. The lowest BCUT2D eigenvalue weighted by atomic mass is 9.66. The summed E-state index contributed by atoms with van der Waals surface area (Å²) >= 11 is 0. The van der Waals surface area contributed by atoms with Gasteiger partial charge in [-0.15, -0.1) is 0 Å². The number of rotatable bonds is 3. The molecule has 3 heteroatoms. The van der Waals surface area contributed by atoms with Gasteiger partial charge in [-0.25, -0.2) is 0 Å². The summed E-state index contributed by atoms with van der Waals surface area (Å²) in [5.74, 6) is 3.56. The maximum Gasteiger partial charge on any atom is 0.132 e. The lowest BCUT2D eigenvalue weighted by Crippen LogP contribution is -2.32. The number of anilines is 3. The van der Waals surface area contributed by atoms with E-state index < -0.39 is 10.8 Å². The van der Waals surface area contributed by atoms with Crippen molar-refractivity contribution >= 4 is 27.8 Å². The zero-order valence-corrected chi connectivity index (χ0v) is 34.1. The van der Waals surface area contributed by atoms with Crippen LogP contribution >= 0.6 is 0 Å². The van der Waals surface area contributed by atoms with E-state index in [9.17, 15) is 0 Å². The maximum absolute atomic E-state index is 6.70. The summed E-state index contributed by atoms with van der Waals surface area (Å²) in [5, 5.41) is 2.40. The Morgan fingerprint density at radius 2 is 0.635 bits per heavy atom. The molecule has 0 atom stereocenters. The molecule has 0 aromatic heterocycles. The fraction of sp³-hybridized carbons (Fsp3) is 0.0333. The first-order valence-corrected chi connectivity index (χ1v) is 21.7. The molecule has 0 radical (unpaired) electrons. The highest BCUT2D eigenvalue weighted by Crippen LogP contribution is 2.64. The molecule has 2 heterocycles. The van der Waals surface area contributed by atoms with Crippen molar-refractivity contribution in [3.8, 4) is 45.3 Å². The molecule has 0 N–H and O–H groups in total. The first-order valence-electron chi connectivity index (χ1n) is 21.7. The van der Waals surface area contributed by atoms with E-state index in [2.05, 4.69) is 229 Å². The molecule has 2 aliphatic heterocycles. The van der Waals surface area contributed by atoms with Gasteiger partial charge in [-0.2, -0.15) is 0 Å². The number of fused-ring (bicyclic) bond motifs is 19. The molecule has 0 amide bonds. The third kappa shape index (κ3) is 4.48. The van der Waals surface area contributed by atoms with Gasteiger partial charge >= 0.3 is 0 Å². The summed E-state index contributed by atoms with van der Waals surface area (Å²) in [7, 11) is 0. The molecule has 0 bridgehead atoms. The fourth-order valence-electron chi connectivity index (χ4n) is 11.7. The topological polar surface area (TPSA) is 21.7 Å². The lowest BCUT2D eigenvalue weighted by Gasteiger charge is -2.40. The lowest BCUT2D eigenvalue weighted by molar-refractivity contribution is 0.436. The summed E-state index contributed by atoms with van der Waals surface area (Å²) in [5.41, 5.74) is 16.7. The van der Waals surface area contributed by atoms with Crippen molar-refractivity contribution in [3.63, 3.8) is 0 Å². The summed E-state index contributed by atoms with van der Waals surface area (Å²) < 4.78 is 13.3. The normalized spacial score (nSPS) is 14.5. The van der Waals surface area contributed by atoms with Crippen LogP contribution < -0.4 is 14.4 Å². The van der Waals surface area contributed by atoms with Crippen molar-refractivity contribution < 1.29 is 9.47 Å². The molecule has 4 aliphatic rings. The van der Waals surface area contributed by atoms with Crippen molar-refractivity contribution in [1.82, 2.24) is 0 Å². The summed E-state index contributed by atoms with van der Waals surface area (Å²) in [6.07, 6.45) is 0. The molecule has 2 spiro atoms. The highest BCUT2D eigenvalue weighted by molar-refractivity contribution is 5.96. The van der Waals surface area contributed by atoms with Crippen LogP contribution in [-0.2, 0) is 10.8 Å². The highest BCUT2D eigenvalue weighted by atomic mass is 16.5. The number of nitrogens with zero attached hydrogens (tertiary/aromatic N) is 1. The van der Waals surface area contributed by atoms with Crippen LogP contribution in [0.1, 0.15) is 44.5 Å². The van der Waals surface area contributed by atoms with Crippen LogP contribution in [0, 0.1) is 0 Å². The Morgan fingerprint density at radius 1 is 0.254 bits per heavy atom. The fourth-order valence-corrected chi connectivity index (χ4v) is 11.7. The predicted molar refractivity (Wildman–Crippen MR) is 253 cm³/mol. The average Bonchev–Trinajstić information content (AvgIpc) is 3.79. The van der Waals surface area contributed by atoms with E-state index >= 15 is 0 Å². The van der Waals surface area contributed by atoms with E-state index in [4.69, 9.17) is 9.47 Å². The largest absolute Gasteiger partial charge is 0.457 e. The molecule has 10 aromatic rings. The van der Waals surface area contributed by atoms with Crippen molar-refractivity contribution in [1.29, 1.82) is 0 Å². The molecule has 63 heavy (non-hydrogen) atoms. The minimum absolute atomic E-state index is 0.542. The maximum atomic E-state index is 6.70. The Labute approximate surface area is 365 Å². The van der Waals surface area contributed by atoms with Crippen molar-refractivity contribution in [2.24, 2.45) is 0 Å². The van der Waals surface area contributed by atoms with E-state index in [0.29, 0.717) is 0 Å². The Bertz CT molecular complexity index is 3470. The highest BCUT2D eigenvalue weighted by Gasteiger charge is 2.53. The average molecular weight is 804 g/mol. The van der Waals surface area contributed by atoms with Crippen LogP contribution in [0.15, 0.2) is 224 Å². The summed E-state index contributed by atoms with van der Waals surface area (Å²) in [6.45, 7) is 0. The van der Waals surface area contributed by atoms with Crippen molar-refractivity contribution in [2.45, 2.75) is 10.8 Å². The number of benzene rings is 10. The van der Waals surface area contributed by atoms with Crippen LogP contribution in [0.2, 0.25) is 0 Å². The van der Waals surface area contributed by atoms with Crippen LogP contribution in [0.4, 0.5) is 17.1 Å². The molecule has 0 fully saturated rings. The van der Waals surface area contributed by atoms with Crippen LogP contribution in [0.25, 0.3) is 33.0 Å². The van der Waals surface area contributed by atoms with Crippen LogP contribution in [-0.4, -0.2) is 0 Å². The molecule has 14 rings (SSSR count). The number of para-hydroxylation sites is 4. The Kier molecular flexibility index (Phi) is 6.97. The quantitative estimate of drug-likeness (QED) is 0.178. The van der Waals surface area contributed by atoms with E-state index in [1.54, 1.807) is 0 Å². The third-order valence-electron chi connectivity index (χ3n) is 14.2. The minimum Gasteiger partial charge on any atom is -0.457 e. The first kappa shape index (κ1) is 34.6. The SMILES string of the molecule is c1ccc2c(c1)Oc1ccccc1C21c2ccccc2-c2cc(N(c3ccc4c(c3)C3(c5ccccc5Oc5ccccc53)c3ccccc3-4)c3ccc4ccccc4c3)ccc21. The molecule has 0 saturated carbocycles. The van der Waals surface area contributed by atoms with E-state index in [-0.39, 0.29) is 0 Å². The van der Waals surface area contributed by atoms with E-state index in [1.165, 1.54) is 55.3 Å². The van der Waals surface area contributed by atoms with Gasteiger partial charge in [0.25, 0.3) is 0 Å². The minimum atomic E-state index is -0.588. The van der Waals surface area contributed by atoms with Crippen LogP contribution in [0.3, 0.4) is 0 Å². The van der Waals surface area contributed by atoms with Crippen molar-refractivity contribution in [2.75, 3.05) is 4.90 Å². The zero-order valence-electron chi connectivity index (χ0n) is 34.1. The van der Waals surface area contributed by atoms with Gasteiger partial charge in [0.15, 0.2) is 0 Å². The molecule has 294 valence electrons. The van der Waals surface area contributed by atoms with Crippen LogP contribution in [0.5, 0.6) is 23.0 Å². The third-order valence-corrected chi connectivity index (χ3v) is 14.2. The molecular formula is C60H37NO2. The standard InChI is InChI=1S/C60H37NO2/c1-2-16-39-35-40(30-29-38(39)15-1)61(41-32-34-49-46(36-41)44-18-4-6-20-48(44)59(49)50-21-7-11-25-55(50)62-56-26-12-8-22-51(56)59)42-31-33-45-43-17-3-5-19-47(43)60(54(45)37-42)52-23-9-13-27-57(52)63-58-28-14-10-24-53(58)60/h1-37H. The van der Waals surface area contributed by atoms with Gasteiger partial charge in [-0.1, -0.05) is 164 Å². The van der Waals surface area contributed by atoms with Gasteiger partial charge < -0.3 is 14.4 Å². The molecular weight excluding hydrogens is 767 g/mol. The second-order valence-corrected chi connectivity index (χ2v) is 17.1. The zero-order chi connectivity index (χ0) is 41.3. The first-order chi connectivity index (χ1) is 31.2. The Hall–Kier alpha value is -8.14. The van der Waals surface area contributed by atoms with Gasteiger partial charge in [0.2, 0.25) is 0 Å². The molecule has 0 unspecified atom stereocenters. The van der Waals surface area contributed by atoms with Gasteiger partial charge in [-0.05, 0) is 116 Å². The van der Waals surface area contributed by atoms with Gasteiger partial charge in [0.05, 0.1) is 10.8 Å². The molecule has 3 nitrogen and oxygen atoms in total. The van der Waals surface area contributed by atoms with Gasteiger partial charge in [0, 0.05) is 39.3 Å². The Morgan fingerprint density at radius 3 is 1.22 bits per heavy atom. The second-order valence-electron chi connectivity index (χ2n) is 17.1. The summed E-state index contributed by atoms with van der Waals surface area (Å²) in [4.78, 5) is 2.46. The van der Waals surface area contributed by atoms with E-state index in [0.717, 1.165) is 62.3 Å². The molecule has 10 aromatic carbocycles. The second kappa shape index (κ2) is 12.7. The van der Waals surface area contributed by atoms with E-state index in [1.807, 2.05) is 0 Å². The van der Waals surface area contributed by atoms with Crippen molar-refractivity contribution in [3.05, 3.63) is 269 Å². The summed E-state index contributed by atoms with van der Waals surface area (Å²) in [6, 6.07) is 82.0. The molecule has 2 aliphatic carbocycles. The monoisotopic (exact) mass is 803 g/mol. The number of ether oxygens (including phenoxy) is 2. The molecule has 0 saturated heterocycles.